The molecule has 2 aliphatic rings. The zero-order valence-corrected chi connectivity index (χ0v) is 18.2. The summed E-state index contributed by atoms with van der Waals surface area (Å²) in [7, 11) is 1.83. The lowest BCUT2D eigenvalue weighted by Crippen LogP contribution is -2.54. The Bertz CT molecular complexity index is 814. The highest BCUT2D eigenvalue weighted by atomic mass is 16.6. The van der Waals surface area contributed by atoms with E-state index >= 15 is 0 Å². The summed E-state index contributed by atoms with van der Waals surface area (Å²) in [5, 5.41) is 12.3. The zero-order chi connectivity index (χ0) is 22.5. The number of ether oxygens (including phenoxy) is 2. The van der Waals surface area contributed by atoms with E-state index in [0.717, 1.165) is 31.3 Å². The van der Waals surface area contributed by atoms with Gasteiger partial charge in [0.25, 0.3) is 0 Å². The van der Waals surface area contributed by atoms with E-state index in [1.165, 1.54) is 4.90 Å². The molecule has 1 aromatic heterocycles. The number of nitrogens with one attached hydrogen (secondary N) is 1. The largest absolute Gasteiger partial charge is 0.488 e. The van der Waals surface area contributed by atoms with E-state index in [1.807, 2.05) is 7.85 Å². The first-order valence-electron chi connectivity index (χ1n) is 10.8. The number of rotatable bonds is 7. The number of aromatic nitrogens is 1. The minimum absolute atomic E-state index is 0.122. The van der Waals surface area contributed by atoms with Crippen LogP contribution in [0.15, 0.2) is 18.3 Å². The van der Waals surface area contributed by atoms with Crippen LogP contribution in [0.3, 0.4) is 0 Å². The van der Waals surface area contributed by atoms with Crippen molar-refractivity contribution < 1.29 is 29.0 Å². The standard InChI is InChI=1S/C21H30BN3O6/c1-12(2)18(24-21(29)31-13-5-3-4-6-13)19(26)25-11-15(9-16(25)20(27)28)30-14-7-8-23-17(22)10-14/h7-8,10,12-13,15-16,18H,3-6,9,11,22H2,1-2H3,(H,24,29)(H,27,28)/t15-,16+,18?/m1/s1. The van der Waals surface area contributed by atoms with Gasteiger partial charge in [-0.25, -0.2) is 9.59 Å². The maximum absolute atomic E-state index is 13.3. The van der Waals surface area contributed by atoms with Crippen LogP contribution in [-0.4, -0.2) is 71.6 Å². The van der Waals surface area contributed by atoms with Crippen LogP contribution < -0.4 is 15.6 Å². The number of carboxylic acids is 1. The van der Waals surface area contributed by atoms with Crippen LogP contribution in [0.2, 0.25) is 0 Å². The third kappa shape index (κ3) is 5.89. The summed E-state index contributed by atoms with van der Waals surface area (Å²) < 4.78 is 11.3. The Hall–Kier alpha value is -2.78. The number of nitrogens with zero attached hydrogens (tertiary/aromatic N) is 2. The van der Waals surface area contributed by atoms with E-state index in [1.54, 1.807) is 32.2 Å². The van der Waals surface area contributed by atoms with Crippen LogP contribution in [0.25, 0.3) is 0 Å². The Balaban J connectivity index is 1.67. The molecule has 2 N–H and O–H groups in total. The quantitative estimate of drug-likeness (QED) is 0.603. The van der Waals surface area contributed by atoms with Crippen molar-refractivity contribution in [3.8, 4) is 5.75 Å². The molecule has 0 radical (unpaired) electrons. The number of hydrogen-bond acceptors (Lipinski definition) is 6. The minimum Gasteiger partial charge on any atom is -0.488 e. The summed E-state index contributed by atoms with van der Waals surface area (Å²) in [6.07, 6.45) is 4.26. The van der Waals surface area contributed by atoms with Crippen molar-refractivity contribution in [3.05, 3.63) is 18.3 Å². The number of carbonyl (C=O) groups is 3. The number of carboxylic acid groups (broad SMARTS) is 1. The second kappa shape index (κ2) is 10.0. The molecule has 31 heavy (non-hydrogen) atoms. The van der Waals surface area contributed by atoms with E-state index in [2.05, 4.69) is 10.3 Å². The fourth-order valence-corrected chi connectivity index (χ4v) is 4.16. The average Bonchev–Trinajstić information content (AvgIpc) is 3.35. The van der Waals surface area contributed by atoms with Crippen molar-refractivity contribution in [1.29, 1.82) is 0 Å². The fraction of sp³-hybridized carbons (Fsp3) is 0.619. The summed E-state index contributed by atoms with van der Waals surface area (Å²) in [5.74, 6) is -1.19. The first kappa shape index (κ1) is 22.9. The van der Waals surface area contributed by atoms with Crippen molar-refractivity contribution >= 4 is 31.4 Å². The molecule has 2 amide bonds. The van der Waals surface area contributed by atoms with Crippen LogP contribution in [0, 0.1) is 5.92 Å². The first-order chi connectivity index (χ1) is 14.7. The predicted octanol–water partition coefficient (Wildman–Crippen LogP) is 0.466. The highest BCUT2D eigenvalue weighted by molar-refractivity contribution is 6.30. The molecule has 168 valence electrons. The predicted molar refractivity (Wildman–Crippen MR) is 115 cm³/mol. The molecule has 1 unspecified atom stereocenters. The van der Waals surface area contributed by atoms with Gasteiger partial charge in [0.05, 0.1) is 6.54 Å². The molecule has 0 aromatic carbocycles. The molecule has 1 aromatic rings. The van der Waals surface area contributed by atoms with Gasteiger partial charge in [0.2, 0.25) is 5.91 Å². The van der Waals surface area contributed by atoms with Crippen molar-refractivity contribution in [3.63, 3.8) is 0 Å². The molecule has 0 spiro atoms. The molecule has 2 fully saturated rings. The molecule has 1 aliphatic carbocycles. The van der Waals surface area contributed by atoms with Crippen LogP contribution in [0.4, 0.5) is 4.79 Å². The van der Waals surface area contributed by atoms with Crippen LogP contribution in [0.1, 0.15) is 46.0 Å². The number of carbonyl (C=O) groups excluding carboxylic acids is 2. The van der Waals surface area contributed by atoms with Crippen molar-refractivity contribution in [1.82, 2.24) is 15.2 Å². The molecule has 9 nitrogen and oxygen atoms in total. The number of likely N-dealkylation sites (tertiary alicyclic amines) is 1. The molecule has 2 heterocycles. The molecular weight excluding hydrogens is 401 g/mol. The zero-order valence-electron chi connectivity index (χ0n) is 18.2. The average molecular weight is 431 g/mol. The topological polar surface area (TPSA) is 118 Å². The van der Waals surface area contributed by atoms with E-state index in [4.69, 9.17) is 9.47 Å². The van der Waals surface area contributed by atoms with Gasteiger partial charge in [-0.05, 0) is 49.3 Å². The van der Waals surface area contributed by atoms with Crippen LogP contribution >= 0.6 is 0 Å². The SMILES string of the molecule is Bc1cc(O[C@@H]2C[C@@H](C(=O)O)N(C(=O)C(NC(=O)OC3CCCC3)C(C)C)C2)ccn1. The highest BCUT2D eigenvalue weighted by Gasteiger charge is 2.44. The normalized spacial score (nSPS) is 22.4. The smallest absolute Gasteiger partial charge is 0.408 e. The molecule has 1 saturated heterocycles. The van der Waals surface area contributed by atoms with E-state index in [9.17, 15) is 19.5 Å². The second-order valence-corrected chi connectivity index (χ2v) is 8.63. The monoisotopic (exact) mass is 431 g/mol. The van der Waals surface area contributed by atoms with E-state index in [-0.39, 0.29) is 25.0 Å². The van der Waals surface area contributed by atoms with Crippen molar-refractivity contribution in [2.24, 2.45) is 5.92 Å². The van der Waals surface area contributed by atoms with Gasteiger partial charge in [-0.15, -0.1) is 0 Å². The summed E-state index contributed by atoms with van der Waals surface area (Å²) in [6.45, 7) is 3.73. The Kier molecular flexibility index (Phi) is 7.40. The van der Waals surface area contributed by atoms with Crippen LogP contribution in [0.5, 0.6) is 5.75 Å². The number of hydrogen-bond donors (Lipinski definition) is 2. The van der Waals surface area contributed by atoms with E-state index in [0.29, 0.717) is 5.75 Å². The summed E-state index contributed by atoms with van der Waals surface area (Å²) in [6, 6.07) is 1.56. The summed E-state index contributed by atoms with van der Waals surface area (Å²) in [5.41, 5.74) is 0.781. The summed E-state index contributed by atoms with van der Waals surface area (Å²) >= 11 is 0. The maximum atomic E-state index is 13.3. The molecule has 1 aliphatic heterocycles. The maximum Gasteiger partial charge on any atom is 0.408 e. The van der Waals surface area contributed by atoms with Gasteiger partial charge in [-0.3, -0.25) is 9.78 Å². The molecular formula is C21H30BN3O6. The Labute approximate surface area is 182 Å². The number of alkyl carbamates (subject to hydrolysis) is 1. The number of amides is 2. The summed E-state index contributed by atoms with van der Waals surface area (Å²) in [4.78, 5) is 42.8. The van der Waals surface area contributed by atoms with E-state index < -0.39 is 36.2 Å². The van der Waals surface area contributed by atoms with Gasteiger partial charge in [0.1, 0.15) is 30.0 Å². The Morgan fingerprint density at radius 3 is 2.58 bits per heavy atom. The highest BCUT2D eigenvalue weighted by Crippen LogP contribution is 2.25. The Morgan fingerprint density at radius 2 is 1.97 bits per heavy atom. The van der Waals surface area contributed by atoms with Crippen LogP contribution in [-0.2, 0) is 14.3 Å². The second-order valence-electron chi connectivity index (χ2n) is 8.63. The minimum atomic E-state index is -1.10. The van der Waals surface area contributed by atoms with Gasteiger partial charge < -0.3 is 24.8 Å². The Morgan fingerprint density at radius 1 is 1.26 bits per heavy atom. The van der Waals surface area contributed by atoms with Gasteiger partial charge in [0.15, 0.2) is 7.85 Å². The lowest BCUT2D eigenvalue weighted by molar-refractivity contribution is -0.149. The fourth-order valence-electron chi connectivity index (χ4n) is 4.16. The lowest BCUT2D eigenvalue weighted by Gasteiger charge is -2.29. The first-order valence-corrected chi connectivity index (χ1v) is 10.8. The molecule has 3 rings (SSSR count). The van der Waals surface area contributed by atoms with Crippen molar-refractivity contribution in [2.75, 3.05) is 6.54 Å². The third-order valence-corrected chi connectivity index (χ3v) is 5.78. The number of aliphatic carboxylic acids is 1. The van der Waals surface area contributed by atoms with Crippen molar-refractivity contribution in [2.45, 2.75) is 70.2 Å². The molecule has 1 saturated carbocycles. The van der Waals surface area contributed by atoms with Gasteiger partial charge in [-0.2, -0.15) is 0 Å². The van der Waals surface area contributed by atoms with Gasteiger partial charge in [-0.1, -0.05) is 13.8 Å². The molecule has 0 bridgehead atoms. The number of pyridine rings is 1. The van der Waals surface area contributed by atoms with Gasteiger partial charge >= 0.3 is 12.1 Å². The lowest BCUT2D eigenvalue weighted by atomic mass is 10.0. The van der Waals surface area contributed by atoms with Gasteiger partial charge in [0, 0.05) is 12.6 Å². The third-order valence-electron chi connectivity index (χ3n) is 5.78. The molecule has 3 atom stereocenters. The molecule has 10 heteroatoms.